The van der Waals surface area contributed by atoms with Crippen LogP contribution in [0.1, 0.15) is 48.3 Å². The maximum absolute atomic E-state index is 6.00. The minimum absolute atomic E-state index is 0.609. The summed E-state index contributed by atoms with van der Waals surface area (Å²) in [7, 11) is 2.10. The quantitative estimate of drug-likeness (QED) is 0.718. The van der Waals surface area contributed by atoms with E-state index in [9.17, 15) is 0 Å². The summed E-state index contributed by atoms with van der Waals surface area (Å²) in [6.45, 7) is 1.60. The highest BCUT2D eigenvalue weighted by molar-refractivity contribution is 7.71. The molecule has 2 aliphatic rings. The van der Waals surface area contributed by atoms with Gasteiger partial charge in [-0.05, 0) is 57.1 Å². The van der Waals surface area contributed by atoms with Crippen LogP contribution in [-0.2, 0) is 13.2 Å². The molecule has 22 heavy (non-hydrogen) atoms. The minimum atomic E-state index is 0.609. The van der Waals surface area contributed by atoms with Gasteiger partial charge >= 0.3 is 0 Å². The van der Waals surface area contributed by atoms with Gasteiger partial charge < -0.3 is 4.57 Å². The van der Waals surface area contributed by atoms with Crippen LogP contribution in [0.15, 0.2) is 12.1 Å². The Morgan fingerprint density at radius 1 is 1.36 bits per heavy atom. The Morgan fingerprint density at radius 3 is 2.73 bits per heavy atom. The van der Waals surface area contributed by atoms with E-state index in [-0.39, 0.29) is 0 Å². The van der Waals surface area contributed by atoms with Gasteiger partial charge in [-0.25, -0.2) is 4.68 Å². The lowest BCUT2D eigenvalue weighted by Gasteiger charge is -2.15. The zero-order valence-electron chi connectivity index (χ0n) is 12.5. The zero-order valence-corrected chi connectivity index (χ0v) is 14.9. The van der Waals surface area contributed by atoms with Gasteiger partial charge in [-0.15, -0.1) is 11.3 Å². The highest BCUT2D eigenvalue weighted by Crippen LogP contribution is 2.44. The highest BCUT2D eigenvalue weighted by atomic mass is 35.5. The van der Waals surface area contributed by atoms with E-state index in [1.54, 1.807) is 11.3 Å². The molecule has 2 aromatic heterocycles. The van der Waals surface area contributed by atoms with Gasteiger partial charge in [0.2, 0.25) is 0 Å². The molecule has 2 saturated carbocycles. The molecule has 0 aliphatic heterocycles. The lowest BCUT2D eigenvalue weighted by Crippen LogP contribution is -2.22. The summed E-state index contributed by atoms with van der Waals surface area (Å²) < 4.78 is 6.05. The Morgan fingerprint density at radius 2 is 2.14 bits per heavy atom. The first-order valence-corrected chi connectivity index (χ1v) is 9.34. The molecule has 4 rings (SSSR count). The zero-order chi connectivity index (χ0) is 15.3. The molecule has 0 unspecified atom stereocenters. The molecule has 118 valence electrons. The van der Waals surface area contributed by atoms with Crippen molar-refractivity contribution in [2.45, 2.75) is 50.9 Å². The van der Waals surface area contributed by atoms with Crippen LogP contribution < -0.4 is 0 Å². The summed E-state index contributed by atoms with van der Waals surface area (Å²) >= 11 is 13.3. The highest BCUT2D eigenvalue weighted by Gasteiger charge is 2.35. The third-order valence-corrected chi connectivity index (χ3v) is 5.80. The first-order valence-electron chi connectivity index (χ1n) is 7.74. The minimum Gasteiger partial charge on any atom is -0.301 e. The van der Waals surface area contributed by atoms with Crippen LogP contribution in [0.25, 0.3) is 0 Å². The van der Waals surface area contributed by atoms with E-state index in [4.69, 9.17) is 28.9 Å². The molecule has 2 aliphatic carbocycles. The fourth-order valence-corrected chi connectivity index (χ4v) is 4.32. The molecule has 0 amide bonds. The van der Waals surface area contributed by atoms with Crippen LogP contribution in [0.5, 0.6) is 0 Å². The average molecular weight is 355 g/mol. The molecule has 2 heterocycles. The predicted molar refractivity (Wildman–Crippen MR) is 92.1 cm³/mol. The van der Waals surface area contributed by atoms with E-state index in [1.165, 1.54) is 36.4 Å². The Kier molecular flexibility index (Phi) is 3.88. The molecule has 7 heteroatoms. The standard InChI is InChI=1S/C15H19ClN4S2/c1-18(8-12-6-7-13(16)22-12)9-19-15(21)20(11-4-5-11)14(17-19)10-2-3-10/h6-7,10-11H,2-5,8-9H2,1H3. The van der Waals surface area contributed by atoms with Crippen molar-refractivity contribution in [1.29, 1.82) is 0 Å². The molecule has 0 atom stereocenters. The fourth-order valence-electron chi connectivity index (χ4n) is 2.81. The van der Waals surface area contributed by atoms with Crippen LogP contribution >= 0.6 is 35.2 Å². The normalized spacial score (nSPS) is 18.3. The summed E-state index contributed by atoms with van der Waals surface area (Å²) in [5, 5.41) is 4.83. The van der Waals surface area contributed by atoms with Gasteiger partial charge in [-0.2, -0.15) is 5.10 Å². The molecular formula is C15H19ClN4S2. The van der Waals surface area contributed by atoms with Gasteiger partial charge in [-0.1, -0.05) is 11.6 Å². The number of nitrogens with zero attached hydrogens (tertiary/aromatic N) is 4. The van der Waals surface area contributed by atoms with Gasteiger partial charge in [0.1, 0.15) is 5.82 Å². The van der Waals surface area contributed by atoms with Gasteiger partial charge in [-0.3, -0.25) is 4.90 Å². The number of hydrogen-bond donors (Lipinski definition) is 0. The van der Waals surface area contributed by atoms with Gasteiger partial charge in [0, 0.05) is 23.4 Å². The van der Waals surface area contributed by atoms with Crippen molar-refractivity contribution >= 4 is 35.2 Å². The van der Waals surface area contributed by atoms with Gasteiger partial charge in [0.15, 0.2) is 4.77 Å². The lowest BCUT2D eigenvalue weighted by atomic mass is 10.4. The van der Waals surface area contributed by atoms with E-state index in [0.29, 0.717) is 12.0 Å². The number of thiophene rings is 1. The van der Waals surface area contributed by atoms with Crippen molar-refractivity contribution in [3.63, 3.8) is 0 Å². The maximum atomic E-state index is 6.00. The molecule has 0 bridgehead atoms. The van der Waals surface area contributed by atoms with E-state index >= 15 is 0 Å². The second-order valence-electron chi connectivity index (χ2n) is 6.38. The lowest BCUT2D eigenvalue weighted by molar-refractivity contribution is 0.245. The monoisotopic (exact) mass is 354 g/mol. The molecular weight excluding hydrogens is 336 g/mol. The fraction of sp³-hybridized carbons (Fsp3) is 0.600. The first kappa shape index (κ1) is 14.9. The Labute approximate surface area is 144 Å². The van der Waals surface area contributed by atoms with E-state index in [2.05, 4.69) is 22.6 Å². The summed E-state index contributed by atoms with van der Waals surface area (Å²) in [6.07, 6.45) is 5.04. The largest absolute Gasteiger partial charge is 0.301 e. The SMILES string of the molecule is CN(Cc1ccc(Cl)s1)Cn1nc(C2CC2)n(C2CC2)c1=S. The Balaban J connectivity index is 1.52. The van der Waals surface area contributed by atoms with Crippen molar-refractivity contribution in [2.75, 3.05) is 7.05 Å². The molecule has 0 spiro atoms. The molecule has 0 aromatic carbocycles. The first-order chi connectivity index (χ1) is 10.6. The third-order valence-electron chi connectivity index (χ3n) is 4.18. The number of hydrogen-bond acceptors (Lipinski definition) is 4. The molecule has 2 aromatic rings. The molecule has 0 saturated heterocycles. The predicted octanol–water partition coefficient (Wildman–Crippen LogP) is 4.43. The summed E-state index contributed by atoms with van der Waals surface area (Å²) in [5.74, 6) is 1.87. The van der Waals surface area contributed by atoms with Crippen molar-refractivity contribution in [1.82, 2.24) is 19.2 Å². The van der Waals surface area contributed by atoms with Crippen LogP contribution in [0.4, 0.5) is 0 Å². The second-order valence-corrected chi connectivity index (χ2v) is 8.54. The Bertz CT molecular complexity index is 739. The van der Waals surface area contributed by atoms with Crippen LogP contribution in [0.2, 0.25) is 4.34 Å². The Hall–Kier alpha value is -0.690. The van der Waals surface area contributed by atoms with E-state index < -0.39 is 0 Å². The van der Waals surface area contributed by atoms with Crippen molar-refractivity contribution in [2.24, 2.45) is 0 Å². The van der Waals surface area contributed by atoms with Crippen molar-refractivity contribution in [3.8, 4) is 0 Å². The number of aromatic nitrogens is 3. The second kappa shape index (κ2) is 5.74. The number of rotatable bonds is 6. The van der Waals surface area contributed by atoms with Crippen molar-refractivity contribution < 1.29 is 0 Å². The summed E-state index contributed by atoms with van der Waals surface area (Å²) in [4.78, 5) is 3.50. The summed E-state index contributed by atoms with van der Waals surface area (Å²) in [6, 6.07) is 4.65. The summed E-state index contributed by atoms with van der Waals surface area (Å²) in [5.41, 5.74) is 0. The smallest absolute Gasteiger partial charge is 0.199 e. The molecule has 2 fully saturated rings. The molecule has 4 nitrogen and oxygen atoms in total. The maximum Gasteiger partial charge on any atom is 0.199 e. The third kappa shape index (κ3) is 3.02. The molecule has 0 N–H and O–H groups in total. The topological polar surface area (TPSA) is 26.0 Å². The van der Waals surface area contributed by atoms with Crippen LogP contribution in [0.3, 0.4) is 0 Å². The van der Waals surface area contributed by atoms with Crippen LogP contribution in [-0.4, -0.2) is 26.3 Å². The average Bonchev–Trinajstić information content (AvgIpc) is 3.38. The van der Waals surface area contributed by atoms with Crippen molar-refractivity contribution in [3.05, 3.63) is 31.9 Å². The molecule has 0 radical (unpaired) electrons. The van der Waals surface area contributed by atoms with E-state index in [1.807, 2.05) is 10.7 Å². The van der Waals surface area contributed by atoms with Crippen LogP contribution in [0, 0.1) is 4.77 Å². The number of halogens is 1. The van der Waals surface area contributed by atoms with E-state index in [0.717, 1.165) is 22.3 Å². The van der Waals surface area contributed by atoms with Gasteiger partial charge in [0.25, 0.3) is 0 Å². The van der Waals surface area contributed by atoms with Gasteiger partial charge in [0.05, 0.1) is 11.0 Å².